The molecule has 1 N–H and O–H groups in total. The average Bonchev–Trinajstić information content (AvgIpc) is 3.10. The first kappa shape index (κ1) is 16.2. The topological polar surface area (TPSA) is 79.3 Å². The number of ether oxygens (including phenoxy) is 1. The Morgan fingerprint density at radius 1 is 1.12 bits per heavy atom. The van der Waals surface area contributed by atoms with Crippen LogP contribution in [0.15, 0.2) is 30.9 Å². The molecule has 0 spiro atoms. The number of hydrogen-bond acceptors (Lipinski definition) is 8. The van der Waals surface area contributed by atoms with Crippen molar-refractivity contribution in [2.45, 2.75) is 19.0 Å². The lowest BCUT2D eigenvalue weighted by Crippen LogP contribution is -2.37. The first-order chi connectivity index (χ1) is 12.4. The molecule has 0 radical (unpaired) electrons. The van der Waals surface area contributed by atoms with Crippen molar-refractivity contribution in [1.82, 2.24) is 24.8 Å². The van der Waals surface area contributed by atoms with Gasteiger partial charge >= 0.3 is 0 Å². The summed E-state index contributed by atoms with van der Waals surface area (Å²) in [6, 6.07) is 2.32. The van der Waals surface area contributed by atoms with E-state index in [9.17, 15) is 0 Å². The molecule has 2 saturated heterocycles. The Morgan fingerprint density at radius 3 is 2.88 bits per heavy atom. The average molecular weight is 341 g/mol. The fraction of sp³-hybridized carbons (Fsp3) is 0.529. The molecular weight excluding hydrogens is 318 g/mol. The van der Waals surface area contributed by atoms with Crippen LogP contribution in [0, 0.1) is 0 Å². The van der Waals surface area contributed by atoms with Gasteiger partial charge in [0, 0.05) is 63.6 Å². The Labute approximate surface area is 147 Å². The molecule has 4 rings (SSSR count). The molecule has 132 valence electrons. The normalized spacial score (nSPS) is 21.4. The molecule has 1 atom stereocenters. The van der Waals surface area contributed by atoms with Crippen LogP contribution in [-0.4, -0.2) is 70.3 Å². The first-order valence-electron chi connectivity index (χ1n) is 8.76. The summed E-state index contributed by atoms with van der Waals surface area (Å²) in [4.78, 5) is 22.2. The van der Waals surface area contributed by atoms with Gasteiger partial charge in [-0.1, -0.05) is 0 Å². The van der Waals surface area contributed by atoms with E-state index >= 15 is 0 Å². The molecule has 0 aromatic carbocycles. The summed E-state index contributed by atoms with van der Waals surface area (Å²) >= 11 is 0. The molecule has 8 nitrogen and oxygen atoms in total. The predicted octanol–water partition coefficient (Wildman–Crippen LogP) is 0.790. The van der Waals surface area contributed by atoms with Crippen LogP contribution in [0.4, 0.5) is 11.8 Å². The van der Waals surface area contributed by atoms with E-state index in [4.69, 9.17) is 4.74 Å². The maximum Gasteiger partial charge on any atom is 0.224 e. The molecule has 0 amide bonds. The molecule has 0 saturated carbocycles. The summed E-state index contributed by atoms with van der Waals surface area (Å²) in [5, 5.41) is 3.48. The second-order valence-electron chi connectivity index (χ2n) is 6.40. The van der Waals surface area contributed by atoms with E-state index in [-0.39, 0.29) is 0 Å². The monoisotopic (exact) mass is 341 g/mol. The number of nitrogens with zero attached hydrogens (tertiary/aromatic N) is 6. The predicted molar refractivity (Wildman–Crippen MR) is 94.4 cm³/mol. The number of anilines is 2. The van der Waals surface area contributed by atoms with E-state index in [1.54, 1.807) is 12.4 Å². The number of nitrogens with one attached hydrogen (secondary N) is 1. The van der Waals surface area contributed by atoms with Gasteiger partial charge in [-0.25, -0.2) is 4.98 Å². The van der Waals surface area contributed by atoms with Crippen molar-refractivity contribution < 1.29 is 4.74 Å². The smallest absolute Gasteiger partial charge is 0.224 e. The molecule has 2 aliphatic heterocycles. The molecule has 0 bridgehead atoms. The SMILES string of the molecule is c1cnc(CN2CCC(Nc3nccc(N4CCOCC4)n3)C2)cn1. The van der Waals surface area contributed by atoms with Crippen LogP contribution < -0.4 is 10.2 Å². The standard InChI is InChI=1S/C17H23N7O/c1-3-20-17(22-16(1)24-7-9-25-10-8-24)21-14-2-6-23(12-14)13-15-11-18-4-5-19-15/h1,3-5,11,14H,2,6-10,12-13H2,(H,20,21,22). The van der Waals surface area contributed by atoms with E-state index < -0.39 is 0 Å². The third kappa shape index (κ3) is 4.21. The molecule has 25 heavy (non-hydrogen) atoms. The van der Waals surface area contributed by atoms with Gasteiger partial charge in [0.05, 0.1) is 18.9 Å². The van der Waals surface area contributed by atoms with Crippen LogP contribution in [0.5, 0.6) is 0 Å². The maximum atomic E-state index is 5.40. The van der Waals surface area contributed by atoms with Crippen molar-refractivity contribution >= 4 is 11.8 Å². The van der Waals surface area contributed by atoms with Gasteiger partial charge < -0.3 is 15.0 Å². The third-order valence-electron chi connectivity index (χ3n) is 4.58. The largest absolute Gasteiger partial charge is 0.378 e. The van der Waals surface area contributed by atoms with Crippen molar-refractivity contribution in [2.24, 2.45) is 0 Å². The summed E-state index contributed by atoms with van der Waals surface area (Å²) in [6.45, 7) is 6.11. The van der Waals surface area contributed by atoms with Crippen LogP contribution in [0.2, 0.25) is 0 Å². The number of morpholine rings is 1. The van der Waals surface area contributed by atoms with Crippen LogP contribution in [-0.2, 0) is 11.3 Å². The summed E-state index contributed by atoms with van der Waals surface area (Å²) in [5.41, 5.74) is 1.01. The molecule has 0 aliphatic carbocycles. The summed E-state index contributed by atoms with van der Waals surface area (Å²) in [5.74, 6) is 1.67. The highest BCUT2D eigenvalue weighted by molar-refractivity contribution is 5.43. The lowest BCUT2D eigenvalue weighted by molar-refractivity contribution is 0.122. The Balaban J connectivity index is 1.33. The van der Waals surface area contributed by atoms with E-state index in [0.29, 0.717) is 12.0 Å². The lowest BCUT2D eigenvalue weighted by Gasteiger charge is -2.28. The molecular formula is C17H23N7O. The Bertz CT molecular complexity index is 678. The molecule has 8 heteroatoms. The highest BCUT2D eigenvalue weighted by Crippen LogP contribution is 2.18. The van der Waals surface area contributed by atoms with Gasteiger partial charge in [0.25, 0.3) is 0 Å². The highest BCUT2D eigenvalue weighted by atomic mass is 16.5. The number of rotatable bonds is 5. The molecule has 2 aromatic rings. The lowest BCUT2D eigenvalue weighted by atomic mass is 10.3. The van der Waals surface area contributed by atoms with Crippen molar-refractivity contribution in [3.63, 3.8) is 0 Å². The second-order valence-corrected chi connectivity index (χ2v) is 6.40. The fourth-order valence-corrected chi connectivity index (χ4v) is 3.30. The molecule has 2 aromatic heterocycles. The van der Waals surface area contributed by atoms with E-state index in [1.807, 2.05) is 18.5 Å². The Hall–Kier alpha value is -2.32. The molecule has 2 aliphatic rings. The minimum atomic E-state index is 0.358. The van der Waals surface area contributed by atoms with Crippen molar-refractivity contribution in [3.8, 4) is 0 Å². The van der Waals surface area contributed by atoms with Crippen LogP contribution >= 0.6 is 0 Å². The van der Waals surface area contributed by atoms with Gasteiger partial charge in [0.15, 0.2) is 0 Å². The second kappa shape index (κ2) is 7.71. The maximum absolute atomic E-state index is 5.40. The summed E-state index contributed by atoms with van der Waals surface area (Å²) in [7, 11) is 0. The summed E-state index contributed by atoms with van der Waals surface area (Å²) in [6.07, 6.45) is 8.18. The fourth-order valence-electron chi connectivity index (χ4n) is 3.30. The van der Waals surface area contributed by atoms with E-state index in [2.05, 4.69) is 35.1 Å². The molecule has 2 fully saturated rings. The minimum Gasteiger partial charge on any atom is -0.378 e. The molecule has 4 heterocycles. The van der Waals surface area contributed by atoms with E-state index in [1.165, 1.54) is 0 Å². The quantitative estimate of drug-likeness (QED) is 0.855. The zero-order chi connectivity index (χ0) is 16.9. The highest BCUT2D eigenvalue weighted by Gasteiger charge is 2.23. The van der Waals surface area contributed by atoms with Gasteiger partial charge in [0.2, 0.25) is 5.95 Å². The number of likely N-dealkylation sites (tertiary alicyclic amines) is 1. The van der Waals surface area contributed by atoms with Crippen molar-refractivity contribution in [3.05, 3.63) is 36.5 Å². The van der Waals surface area contributed by atoms with E-state index in [0.717, 1.165) is 63.9 Å². The van der Waals surface area contributed by atoms with Gasteiger partial charge in [-0.2, -0.15) is 4.98 Å². The van der Waals surface area contributed by atoms with Crippen molar-refractivity contribution in [1.29, 1.82) is 0 Å². The van der Waals surface area contributed by atoms with Gasteiger partial charge in [0.1, 0.15) is 5.82 Å². The van der Waals surface area contributed by atoms with Crippen LogP contribution in [0.1, 0.15) is 12.1 Å². The van der Waals surface area contributed by atoms with Crippen LogP contribution in [0.25, 0.3) is 0 Å². The van der Waals surface area contributed by atoms with Gasteiger partial charge in [-0.15, -0.1) is 0 Å². The minimum absolute atomic E-state index is 0.358. The van der Waals surface area contributed by atoms with Gasteiger partial charge in [-0.05, 0) is 12.5 Å². The first-order valence-corrected chi connectivity index (χ1v) is 8.76. The summed E-state index contributed by atoms with van der Waals surface area (Å²) < 4.78 is 5.40. The molecule has 1 unspecified atom stereocenters. The van der Waals surface area contributed by atoms with Gasteiger partial charge in [-0.3, -0.25) is 14.9 Å². The Kier molecular flexibility index (Phi) is 4.98. The van der Waals surface area contributed by atoms with Crippen LogP contribution in [0.3, 0.4) is 0 Å². The zero-order valence-electron chi connectivity index (χ0n) is 14.2. The van der Waals surface area contributed by atoms with Crippen molar-refractivity contribution in [2.75, 3.05) is 49.6 Å². The zero-order valence-corrected chi connectivity index (χ0v) is 14.2. The Morgan fingerprint density at radius 2 is 2.04 bits per heavy atom. The number of aromatic nitrogens is 4. The third-order valence-corrected chi connectivity index (χ3v) is 4.58. The number of hydrogen-bond donors (Lipinski definition) is 1.